The molecule has 0 spiro atoms. The Morgan fingerprint density at radius 1 is 1.33 bits per heavy atom. The molecule has 0 unspecified atom stereocenters. The van der Waals surface area contributed by atoms with Crippen LogP contribution in [0.4, 0.5) is 0 Å². The van der Waals surface area contributed by atoms with Crippen LogP contribution in [-0.2, 0) is 17.8 Å². The van der Waals surface area contributed by atoms with Gasteiger partial charge in [0.25, 0.3) is 0 Å². The zero-order chi connectivity index (χ0) is 13.4. The molecule has 0 aliphatic carbocycles. The molecule has 0 fully saturated rings. The molecule has 1 aromatic carbocycles. The molecule has 0 saturated heterocycles. The van der Waals surface area contributed by atoms with Crippen molar-refractivity contribution in [2.75, 3.05) is 0 Å². The van der Waals surface area contributed by atoms with Crippen molar-refractivity contribution < 1.29 is 4.79 Å². The van der Waals surface area contributed by atoms with E-state index >= 15 is 0 Å². The number of unbranched alkanes of at least 4 members (excludes halogenated alkanes) is 1. The molecule has 1 amide bonds. The number of allylic oxidation sites excluding steroid dienone is 1. The molecule has 0 bridgehead atoms. The van der Waals surface area contributed by atoms with E-state index in [2.05, 4.69) is 31.0 Å². The quantitative estimate of drug-likeness (QED) is 0.730. The number of carbonyl (C=O) groups is 1. The van der Waals surface area contributed by atoms with Crippen molar-refractivity contribution in [2.45, 2.75) is 46.1 Å². The maximum Gasteiger partial charge on any atom is 0.217 e. The number of carbonyl (C=O) groups excluding carboxylic acids is 1. The second kappa shape index (κ2) is 7.70. The minimum atomic E-state index is 0.00718. The fourth-order valence-electron chi connectivity index (χ4n) is 1.88. The minimum Gasteiger partial charge on any atom is -0.352 e. The number of amides is 1. The summed E-state index contributed by atoms with van der Waals surface area (Å²) in [4.78, 5) is 10.9. The highest BCUT2D eigenvalue weighted by Gasteiger charge is 2.00. The Labute approximate surface area is 110 Å². The van der Waals surface area contributed by atoms with Gasteiger partial charge in [0.1, 0.15) is 0 Å². The van der Waals surface area contributed by atoms with Crippen molar-refractivity contribution in [3.63, 3.8) is 0 Å². The summed E-state index contributed by atoms with van der Waals surface area (Å²) in [5, 5.41) is 2.82. The average Bonchev–Trinajstić information content (AvgIpc) is 2.34. The molecule has 2 nitrogen and oxygen atoms in total. The van der Waals surface area contributed by atoms with Crippen LogP contribution in [0.15, 0.2) is 36.4 Å². The van der Waals surface area contributed by atoms with Gasteiger partial charge in [-0.15, -0.1) is 0 Å². The summed E-state index contributed by atoms with van der Waals surface area (Å²) in [5.41, 5.74) is 3.71. The first-order chi connectivity index (χ1) is 8.61. The van der Waals surface area contributed by atoms with Crippen molar-refractivity contribution in [1.29, 1.82) is 0 Å². The van der Waals surface area contributed by atoms with Gasteiger partial charge in [-0.1, -0.05) is 49.8 Å². The first-order valence-electron chi connectivity index (χ1n) is 6.60. The monoisotopic (exact) mass is 245 g/mol. The standard InChI is InChI=1S/C16H23NO/c1-4-5-7-13(2)10-15-8-6-9-16(11-15)12-17-14(3)18/h6,8-9,11H,2,4-5,7,10,12H2,1,3H3,(H,17,18). The fourth-order valence-corrected chi connectivity index (χ4v) is 1.88. The SMILES string of the molecule is C=C(CCCC)Cc1cccc(CNC(C)=O)c1. The van der Waals surface area contributed by atoms with Gasteiger partial charge in [-0.3, -0.25) is 4.79 Å². The minimum absolute atomic E-state index is 0.00718. The zero-order valence-electron chi connectivity index (χ0n) is 11.5. The Morgan fingerprint density at radius 2 is 2.06 bits per heavy atom. The van der Waals surface area contributed by atoms with Crippen molar-refractivity contribution in [3.8, 4) is 0 Å². The van der Waals surface area contributed by atoms with E-state index in [4.69, 9.17) is 0 Å². The number of hydrogen-bond donors (Lipinski definition) is 1. The lowest BCUT2D eigenvalue weighted by Crippen LogP contribution is -2.18. The molecule has 0 aromatic heterocycles. The Morgan fingerprint density at radius 3 is 2.72 bits per heavy atom. The van der Waals surface area contributed by atoms with Crippen LogP contribution in [0.1, 0.15) is 44.2 Å². The molecule has 0 saturated carbocycles. The first-order valence-corrected chi connectivity index (χ1v) is 6.60. The van der Waals surface area contributed by atoms with Crippen molar-refractivity contribution >= 4 is 5.91 Å². The van der Waals surface area contributed by atoms with Gasteiger partial charge < -0.3 is 5.32 Å². The van der Waals surface area contributed by atoms with Crippen LogP contribution in [0.5, 0.6) is 0 Å². The maximum atomic E-state index is 10.9. The second-order valence-electron chi connectivity index (χ2n) is 4.76. The molecule has 0 aliphatic heterocycles. The maximum absolute atomic E-state index is 10.9. The van der Waals surface area contributed by atoms with Gasteiger partial charge in [-0.25, -0.2) is 0 Å². The number of hydrogen-bond acceptors (Lipinski definition) is 1. The van der Waals surface area contributed by atoms with E-state index in [0.717, 1.165) is 18.4 Å². The van der Waals surface area contributed by atoms with Gasteiger partial charge in [-0.05, 0) is 30.4 Å². The number of rotatable bonds is 7. The molecule has 1 N–H and O–H groups in total. The smallest absolute Gasteiger partial charge is 0.217 e. The molecule has 0 radical (unpaired) electrons. The second-order valence-corrected chi connectivity index (χ2v) is 4.76. The van der Waals surface area contributed by atoms with Crippen LogP contribution in [0.2, 0.25) is 0 Å². The lowest BCUT2D eigenvalue weighted by atomic mass is 10.0. The third-order valence-corrected chi connectivity index (χ3v) is 2.87. The Hall–Kier alpha value is -1.57. The molecule has 1 rings (SSSR count). The van der Waals surface area contributed by atoms with Crippen LogP contribution < -0.4 is 5.32 Å². The Kier molecular flexibility index (Phi) is 6.20. The molecular formula is C16H23NO. The lowest BCUT2D eigenvalue weighted by molar-refractivity contribution is -0.119. The van der Waals surface area contributed by atoms with Crippen molar-refractivity contribution in [2.24, 2.45) is 0 Å². The van der Waals surface area contributed by atoms with E-state index in [1.54, 1.807) is 0 Å². The van der Waals surface area contributed by atoms with Gasteiger partial charge in [0.2, 0.25) is 5.91 Å². The van der Waals surface area contributed by atoms with E-state index < -0.39 is 0 Å². The van der Waals surface area contributed by atoms with Crippen LogP contribution in [0.3, 0.4) is 0 Å². The third kappa shape index (κ3) is 5.67. The van der Waals surface area contributed by atoms with E-state index in [0.29, 0.717) is 6.54 Å². The summed E-state index contributed by atoms with van der Waals surface area (Å²) in [7, 11) is 0. The highest BCUT2D eigenvalue weighted by Crippen LogP contribution is 2.14. The van der Waals surface area contributed by atoms with Crippen LogP contribution >= 0.6 is 0 Å². The summed E-state index contributed by atoms with van der Waals surface area (Å²) in [6.45, 7) is 8.46. The largest absolute Gasteiger partial charge is 0.352 e. The van der Waals surface area contributed by atoms with Gasteiger partial charge in [0.05, 0.1) is 0 Å². The summed E-state index contributed by atoms with van der Waals surface area (Å²) >= 11 is 0. The Balaban J connectivity index is 2.53. The molecule has 18 heavy (non-hydrogen) atoms. The molecule has 0 heterocycles. The summed E-state index contributed by atoms with van der Waals surface area (Å²) < 4.78 is 0. The lowest BCUT2D eigenvalue weighted by Gasteiger charge is -2.08. The summed E-state index contributed by atoms with van der Waals surface area (Å²) in [6.07, 6.45) is 4.46. The van der Waals surface area contributed by atoms with E-state index in [1.807, 2.05) is 12.1 Å². The van der Waals surface area contributed by atoms with E-state index in [-0.39, 0.29) is 5.91 Å². The van der Waals surface area contributed by atoms with Gasteiger partial charge in [0.15, 0.2) is 0 Å². The summed E-state index contributed by atoms with van der Waals surface area (Å²) in [6, 6.07) is 8.34. The predicted octanol–water partition coefficient (Wildman–Crippen LogP) is 3.61. The van der Waals surface area contributed by atoms with Crippen LogP contribution in [0, 0.1) is 0 Å². The predicted molar refractivity (Wildman–Crippen MR) is 76.3 cm³/mol. The molecular weight excluding hydrogens is 222 g/mol. The topological polar surface area (TPSA) is 29.1 Å². The van der Waals surface area contributed by atoms with Gasteiger partial charge in [-0.2, -0.15) is 0 Å². The van der Waals surface area contributed by atoms with Crippen molar-refractivity contribution in [1.82, 2.24) is 5.32 Å². The molecule has 2 heteroatoms. The Bertz CT molecular complexity index is 409. The highest BCUT2D eigenvalue weighted by atomic mass is 16.1. The van der Waals surface area contributed by atoms with Gasteiger partial charge >= 0.3 is 0 Å². The number of benzene rings is 1. The number of nitrogens with one attached hydrogen (secondary N) is 1. The molecule has 98 valence electrons. The van der Waals surface area contributed by atoms with E-state index in [1.165, 1.54) is 30.9 Å². The van der Waals surface area contributed by atoms with Crippen LogP contribution in [-0.4, -0.2) is 5.91 Å². The van der Waals surface area contributed by atoms with Gasteiger partial charge in [0, 0.05) is 13.5 Å². The zero-order valence-corrected chi connectivity index (χ0v) is 11.5. The van der Waals surface area contributed by atoms with Crippen molar-refractivity contribution in [3.05, 3.63) is 47.5 Å². The van der Waals surface area contributed by atoms with E-state index in [9.17, 15) is 4.79 Å². The van der Waals surface area contributed by atoms with Crippen LogP contribution in [0.25, 0.3) is 0 Å². The third-order valence-electron chi connectivity index (χ3n) is 2.87. The normalized spacial score (nSPS) is 10.1. The summed E-state index contributed by atoms with van der Waals surface area (Å²) in [5.74, 6) is 0.00718. The average molecular weight is 245 g/mol. The highest BCUT2D eigenvalue weighted by molar-refractivity contribution is 5.72. The molecule has 1 aromatic rings. The molecule has 0 atom stereocenters. The molecule has 0 aliphatic rings. The first kappa shape index (κ1) is 14.5. The fraction of sp³-hybridized carbons (Fsp3) is 0.438.